The summed E-state index contributed by atoms with van der Waals surface area (Å²) in [7, 11) is 0. The number of halogens is 2. The van der Waals surface area contributed by atoms with Gasteiger partial charge in [-0.15, -0.1) is 0 Å². The van der Waals surface area contributed by atoms with Crippen LogP contribution in [0.1, 0.15) is 12.5 Å². The van der Waals surface area contributed by atoms with Crippen molar-refractivity contribution in [2.45, 2.75) is 6.92 Å². The van der Waals surface area contributed by atoms with Crippen LogP contribution in [0, 0.1) is 0 Å². The van der Waals surface area contributed by atoms with Crippen LogP contribution >= 0.6 is 23.2 Å². The summed E-state index contributed by atoms with van der Waals surface area (Å²) in [5.74, 6) is -0.167. The number of rotatable bonds is 2. The molecule has 3 nitrogen and oxygen atoms in total. The molecule has 0 bridgehead atoms. The molecule has 0 atom stereocenters. The molecule has 2 aromatic rings. The normalized spacial score (nSPS) is 16.3. The molecule has 0 N–H and O–H groups in total. The summed E-state index contributed by atoms with van der Waals surface area (Å²) in [6.07, 6.45) is 1.75. The first-order chi connectivity index (χ1) is 10.5. The molecule has 5 heteroatoms. The zero-order valence-electron chi connectivity index (χ0n) is 11.8. The standard InChI is InChI=1S/C17H12Cl2N2O/c1-11-16(9-12-7-13(18)10-14(19)8-12)17(22)21(20-11)15-5-3-2-4-6-15/h2-10H,1H3. The lowest BCUT2D eigenvalue weighted by molar-refractivity contribution is -0.114. The van der Waals surface area contributed by atoms with Gasteiger partial charge < -0.3 is 0 Å². The summed E-state index contributed by atoms with van der Waals surface area (Å²) in [6, 6.07) is 14.5. The van der Waals surface area contributed by atoms with Crippen LogP contribution in [0.25, 0.3) is 6.08 Å². The van der Waals surface area contributed by atoms with Gasteiger partial charge in [-0.1, -0.05) is 41.4 Å². The van der Waals surface area contributed by atoms with Crippen LogP contribution in [0.3, 0.4) is 0 Å². The predicted octanol–water partition coefficient (Wildman–Crippen LogP) is 4.80. The number of carbonyl (C=O) groups is 1. The molecule has 0 saturated carbocycles. The number of anilines is 1. The highest BCUT2D eigenvalue weighted by atomic mass is 35.5. The molecule has 110 valence electrons. The Bertz CT molecular complexity index is 777. The minimum atomic E-state index is -0.167. The maximum absolute atomic E-state index is 12.6. The quantitative estimate of drug-likeness (QED) is 0.728. The summed E-state index contributed by atoms with van der Waals surface area (Å²) >= 11 is 12.0. The SMILES string of the molecule is CC1=NN(c2ccccc2)C(=O)C1=Cc1cc(Cl)cc(Cl)c1. The third kappa shape index (κ3) is 2.91. The van der Waals surface area contributed by atoms with Crippen molar-refractivity contribution in [2.75, 3.05) is 5.01 Å². The molecule has 3 rings (SSSR count). The molecule has 0 aromatic heterocycles. The fourth-order valence-corrected chi connectivity index (χ4v) is 2.80. The molecule has 0 saturated heterocycles. The zero-order valence-corrected chi connectivity index (χ0v) is 13.3. The smallest absolute Gasteiger partial charge is 0.267 e. The molecule has 1 aliphatic heterocycles. The van der Waals surface area contributed by atoms with Crippen molar-refractivity contribution < 1.29 is 4.79 Å². The second-order valence-corrected chi connectivity index (χ2v) is 5.77. The third-order valence-electron chi connectivity index (χ3n) is 3.26. The number of amides is 1. The second-order valence-electron chi connectivity index (χ2n) is 4.90. The summed E-state index contributed by atoms with van der Waals surface area (Å²) < 4.78 is 0. The Balaban J connectivity index is 1.98. The number of benzene rings is 2. The monoisotopic (exact) mass is 330 g/mol. The Hall–Kier alpha value is -2.10. The van der Waals surface area contributed by atoms with E-state index in [1.807, 2.05) is 30.3 Å². The number of hydrogen-bond acceptors (Lipinski definition) is 2. The van der Waals surface area contributed by atoms with Gasteiger partial charge in [0.15, 0.2) is 0 Å². The van der Waals surface area contributed by atoms with Crippen LogP contribution in [0.4, 0.5) is 5.69 Å². The van der Waals surface area contributed by atoms with Crippen molar-refractivity contribution in [1.82, 2.24) is 0 Å². The van der Waals surface area contributed by atoms with Gasteiger partial charge in [0.05, 0.1) is 17.0 Å². The largest absolute Gasteiger partial charge is 0.280 e. The van der Waals surface area contributed by atoms with E-state index in [4.69, 9.17) is 23.2 Å². The van der Waals surface area contributed by atoms with Gasteiger partial charge in [0.25, 0.3) is 5.91 Å². The van der Waals surface area contributed by atoms with E-state index in [-0.39, 0.29) is 5.91 Å². The first-order valence-corrected chi connectivity index (χ1v) is 7.43. The summed E-state index contributed by atoms with van der Waals surface area (Å²) in [5.41, 5.74) is 2.69. The Morgan fingerprint density at radius 1 is 1.05 bits per heavy atom. The van der Waals surface area contributed by atoms with E-state index in [0.29, 0.717) is 21.3 Å². The van der Waals surface area contributed by atoms with Crippen LogP contribution in [0.15, 0.2) is 59.2 Å². The lowest BCUT2D eigenvalue weighted by Crippen LogP contribution is -2.21. The molecule has 0 unspecified atom stereocenters. The molecular formula is C17H12Cl2N2O. The van der Waals surface area contributed by atoms with Crippen molar-refractivity contribution in [3.05, 3.63) is 69.7 Å². The number of hydrogen-bond donors (Lipinski definition) is 0. The highest BCUT2D eigenvalue weighted by Crippen LogP contribution is 2.26. The van der Waals surface area contributed by atoms with Gasteiger partial charge >= 0.3 is 0 Å². The molecule has 2 aromatic carbocycles. The minimum Gasteiger partial charge on any atom is -0.267 e. The number of carbonyl (C=O) groups excluding carboxylic acids is 1. The van der Waals surface area contributed by atoms with Crippen LogP contribution in [0.5, 0.6) is 0 Å². The molecule has 22 heavy (non-hydrogen) atoms. The molecule has 1 amide bonds. The van der Waals surface area contributed by atoms with Crippen LogP contribution in [-0.2, 0) is 4.79 Å². The van der Waals surface area contributed by atoms with Gasteiger partial charge in [0.2, 0.25) is 0 Å². The zero-order chi connectivity index (χ0) is 15.7. The van der Waals surface area contributed by atoms with Gasteiger partial charge in [-0.25, -0.2) is 0 Å². The van der Waals surface area contributed by atoms with Crippen LogP contribution in [-0.4, -0.2) is 11.6 Å². The first-order valence-electron chi connectivity index (χ1n) is 6.67. The first kappa shape index (κ1) is 14.8. The van der Waals surface area contributed by atoms with Gasteiger partial charge in [0.1, 0.15) is 0 Å². The van der Waals surface area contributed by atoms with Gasteiger partial charge in [0, 0.05) is 10.0 Å². The number of para-hydroxylation sites is 1. The molecule has 0 aliphatic carbocycles. The Labute approximate surface area is 138 Å². The molecule has 0 radical (unpaired) electrons. The van der Waals surface area contributed by atoms with Crippen LogP contribution in [0.2, 0.25) is 10.0 Å². The average molecular weight is 331 g/mol. The van der Waals surface area contributed by atoms with E-state index in [1.165, 1.54) is 5.01 Å². The summed E-state index contributed by atoms with van der Waals surface area (Å²) in [5, 5.41) is 6.78. The lowest BCUT2D eigenvalue weighted by atomic mass is 10.1. The predicted molar refractivity (Wildman–Crippen MR) is 91.5 cm³/mol. The fourth-order valence-electron chi connectivity index (χ4n) is 2.25. The van der Waals surface area contributed by atoms with Crippen molar-refractivity contribution in [1.29, 1.82) is 0 Å². The van der Waals surface area contributed by atoms with E-state index < -0.39 is 0 Å². The van der Waals surface area contributed by atoms with Gasteiger partial charge in [-0.2, -0.15) is 10.1 Å². The van der Waals surface area contributed by atoms with Crippen molar-refractivity contribution in [2.24, 2.45) is 5.10 Å². The van der Waals surface area contributed by atoms with E-state index in [2.05, 4.69) is 5.10 Å². The fraction of sp³-hybridized carbons (Fsp3) is 0.0588. The highest BCUT2D eigenvalue weighted by molar-refractivity contribution is 6.35. The van der Waals surface area contributed by atoms with Crippen LogP contribution < -0.4 is 5.01 Å². The minimum absolute atomic E-state index is 0.167. The van der Waals surface area contributed by atoms with E-state index in [9.17, 15) is 4.79 Å². The molecule has 0 fully saturated rings. The maximum Gasteiger partial charge on any atom is 0.280 e. The number of nitrogens with zero attached hydrogens (tertiary/aromatic N) is 2. The average Bonchev–Trinajstić information content (AvgIpc) is 2.75. The maximum atomic E-state index is 12.6. The lowest BCUT2D eigenvalue weighted by Gasteiger charge is -2.11. The summed E-state index contributed by atoms with van der Waals surface area (Å²) in [4.78, 5) is 12.6. The Morgan fingerprint density at radius 3 is 2.32 bits per heavy atom. The molecule has 0 spiro atoms. The second kappa shape index (κ2) is 5.95. The van der Waals surface area contributed by atoms with Gasteiger partial charge in [-0.05, 0) is 48.9 Å². The van der Waals surface area contributed by atoms with Crippen molar-refractivity contribution in [3.8, 4) is 0 Å². The van der Waals surface area contributed by atoms with Crippen molar-refractivity contribution in [3.63, 3.8) is 0 Å². The Morgan fingerprint density at radius 2 is 1.68 bits per heavy atom. The highest BCUT2D eigenvalue weighted by Gasteiger charge is 2.28. The molecule has 1 heterocycles. The Kier molecular flexibility index (Phi) is 4.01. The summed E-state index contributed by atoms with van der Waals surface area (Å²) in [6.45, 7) is 1.80. The topological polar surface area (TPSA) is 32.7 Å². The van der Waals surface area contributed by atoms with E-state index in [1.54, 1.807) is 31.2 Å². The van der Waals surface area contributed by atoms with Gasteiger partial charge in [-0.3, -0.25) is 4.79 Å². The number of hydrazone groups is 1. The third-order valence-corrected chi connectivity index (χ3v) is 3.70. The van der Waals surface area contributed by atoms with E-state index >= 15 is 0 Å². The van der Waals surface area contributed by atoms with Crippen molar-refractivity contribution >= 4 is 46.6 Å². The van der Waals surface area contributed by atoms with E-state index in [0.717, 1.165) is 11.3 Å². The molecule has 1 aliphatic rings. The molecular weight excluding hydrogens is 319 g/mol.